The van der Waals surface area contributed by atoms with Gasteiger partial charge in [-0.1, -0.05) is 50.0 Å². The smallest absolute Gasteiger partial charge is 0.0468 e. The van der Waals surface area contributed by atoms with Crippen molar-refractivity contribution in [3.05, 3.63) is 33.8 Å². The average Bonchev–Trinajstić information content (AvgIpc) is 2.45. The standard InChI is InChI=1S/C17H26Cl2N2/c1-5-14-9-20-17(11(2)3)10-21(14)12(4)15-7-6-13(18)8-16(15)19/h6-8,11-12,14,17,20H,5,9-10H2,1-4H3. The molecule has 1 aromatic carbocycles. The van der Waals surface area contributed by atoms with Crippen molar-refractivity contribution in [1.29, 1.82) is 0 Å². The largest absolute Gasteiger partial charge is 0.311 e. The minimum atomic E-state index is 0.308. The summed E-state index contributed by atoms with van der Waals surface area (Å²) in [5, 5.41) is 5.15. The molecule has 1 aromatic rings. The SMILES string of the molecule is CCC1CNC(C(C)C)CN1C(C)c1ccc(Cl)cc1Cl. The van der Waals surface area contributed by atoms with Crippen molar-refractivity contribution in [3.8, 4) is 0 Å². The van der Waals surface area contributed by atoms with Gasteiger partial charge in [0.1, 0.15) is 0 Å². The van der Waals surface area contributed by atoms with Crippen molar-refractivity contribution in [2.75, 3.05) is 13.1 Å². The number of hydrogen-bond donors (Lipinski definition) is 1. The molecular formula is C17H26Cl2N2. The molecule has 3 unspecified atom stereocenters. The highest BCUT2D eigenvalue weighted by atomic mass is 35.5. The Labute approximate surface area is 138 Å². The lowest BCUT2D eigenvalue weighted by Crippen LogP contribution is -2.58. The second-order valence-corrected chi connectivity index (χ2v) is 7.20. The predicted octanol–water partition coefficient (Wildman–Crippen LogP) is 4.76. The topological polar surface area (TPSA) is 15.3 Å². The molecule has 0 amide bonds. The van der Waals surface area contributed by atoms with Gasteiger partial charge in [0.15, 0.2) is 0 Å². The van der Waals surface area contributed by atoms with Crippen LogP contribution < -0.4 is 5.32 Å². The summed E-state index contributed by atoms with van der Waals surface area (Å²) in [5.41, 5.74) is 1.17. The van der Waals surface area contributed by atoms with Gasteiger partial charge in [-0.3, -0.25) is 4.90 Å². The maximum absolute atomic E-state index is 6.41. The molecule has 3 atom stereocenters. The summed E-state index contributed by atoms with van der Waals surface area (Å²) in [4.78, 5) is 2.59. The van der Waals surface area contributed by atoms with Crippen LogP contribution in [0.3, 0.4) is 0 Å². The molecule has 2 rings (SSSR count). The fourth-order valence-corrected chi connectivity index (χ4v) is 3.73. The van der Waals surface area contributed by atoms with E-state index in [1.807, 2.05) is 12.1 Å². The number of halogens is 2. The van der Waals surface area contributed by atoms with Crippen LogP contribution in [0.15, 0.2) is 18.2 Å². The first-order valence-electron chi connectivity index (χ1n) is 7.88. The first-order chi connectivity index (χ1) is 9.93. The summed E-state index contributed by atoms with van der Waals surface area (Å²) in [6, 6.07) is 7.25. The first-order valence-corrected chi connectivity index (χ1v) is 8.63. The minimum absolute atomic E-state index is 0.308. The van der Waals surface area contributed by atoms with Crippen LogP contribution in [0, 0.1) is 5.92 Å². The third-order valence-corrected chi connectivity index (χ3v) is 5.24. The average molecular weight is 329 g/mol. The van der Waals surface area contributed by atoms with Crippen LogP contribution in [0.1, 0.15) is 45.7 Å². The third-order valence-electron chi connectivity index (χ3n) is 4.68. The number of nitrogens with one attached hydrogen (secondary N) is 1. The molecule has 0 spiro atoms. The maximum Gasteiger partial charge on any atom is 0.0468 e. The van der Waals surface area contributed by atoms with Crippen molar-refractivity contribution in [1.82, 2.24) is 10.2 Å². The van der Waals surface area contributed by atoms with Crippen LogP contribution in [0.4, 0.5) is 0 Å². The zero-order chi connectivity index (χ0) is 15.6. The highest BCUT2D eigenvalue weighted by Crippen LogP contribution is 2.32. The van der Waals surface area contributed by atoms with E-state index in [-0.39, 0.29) is 0 Å². The summed E-state index contributed by atoms with van der Waals surface area (Å²) in [7, 11) is 0. The molecule has 1 saturated heterocycles. The van der Waals surface area contributed by atoms with E-state index >= 15 is 0 Å². The van der Waals surface area contributed by atoms with E-state index in [0.29, 0.717) is 29.1 Å². The van der Waals surface area contributed by atoms with Crippen molar-refractivity contribution < 1.29 is 0 Å². The van der Waals surface area contributed by atoms with E-state index in [9.17, 15) is 0 Å². The summed E-state index contributed by atoms with van der Waals surface area (Å²) in [6.07, 6.45) is 1.15. The Kier molecular flexibility index (Phi) is 5.96. The van der Waals surface area contributed by atoms with Crippen LogP contribution in [0.5, 0.6) is 0 Å². The van der Waals surface area contributed by atoms with Gasteiger partial charge in [0.05, 0.1) is 0 Å². The van der Waals surface area contributed by atoms with E-state index in [1.54, 1.807) is 0 Å². The fraction of sp³-hybridized carbons (Fsp3) is 0.647. The Morgan fingerprint density at radius 1 is 1.29 bits per heavy atom. The summed E-state index contributed by atoms with van der Waals surface area (Å²) >= 11 is 12.4. The van der Waals surface area contributed by atoms with Crippen molar-refractivity contribution in [3.63, 3.8) is 0 Å². The Balaban J connectivity index is 2.22. The number of nitrogens with zero attached hydrogens (tertiary/aromatic N) is 1. The molecule has 0 saturated carbocycles. The molecule has 4 heteroatoms. The Bertz CT molecular complexity index is 476. The Hall–Kier alpha value is -0.280. The first kappa shape index (κ1) is 17.1. The second kappa shape index (κ2) is 7.32. The van der Waals surface area contributed by atoms with Gasteiger partial charge in [0, 0.05) is 41.3 Å². The number of hydrogen-bond acceptors (Lipinski definition) is 2. The molecule has 0 aromatic heterocycles. The quantitative estimate of drug-likeness (QED) is 0.856. The van der Waals surface area contributed by atoms with Gasteiger partial charge in [-0.2, -0.15) is 0 Å². The van der Waals surface area contributed by atoms with E-state index in [4.69, 9.17) is 23.2 Å². The lowest BCUT2D eigenvalue weighted by atomic mass is 9.95. The highest BCUT2D eigenvalue weighted by molar-refractivity contribution is 6.35. The molecule has 0 bridgehead atoms. The molecule has 1 fully saturated rings. The second-order valence-electron chi connectivity index (χ2n) is 6.36. The molecule has 0 aliphatic carbocycles. The third kappa shape index (κ3) is 3.92. The monoisotopic (exact) mass is 328 g/mol. The maximum atomic E-state index is 6.41. The van der Waals surface area contributed by atoms with E-state index in [2.05, 4.69) is 44.0 Å². The van der Waals surface area contributed by atoms with Gasteiger partial charge in [-0.05, 0) is 37.0 Å². The summed E-state index contributed by atoms with van der Waals surface area (Å²) < 4.78 is 0. The van der Waals surface area contributed by atoms with Gasteiger partial charge in [0.25, 0.3) is 0 Å². The van der Waals surface area contributed by atoms with Crippen LogP contribution in [-0.4, -0.2) is 30.1 Å². The van der Waals surface area contributed by atoms with Gasteiger partial charge < -0.3 is 5.32 Å². The summed E-state index contributed by atoms with van der Waals surface area (Å²) in [5.74, 6) is 0.637. The lowest BCUT2D eigenvalue weighted by molar-refractivity contribution is 0.0736. The molecule has 2 nitrogen and oxygen atoms in total. The van der Waals surface area contributed by atoms with E-state index in [0.717, 1.165) is 24.5 Å². The van der Waals surface area contributed by atoms with Gasteiger partial charge in [-0.15, -0.1) is 0 Å². The van der Waals surface area contributed by atoms with E-state index < -0.39 is 0 Å². The fourth-order valence-electron chi connectivity index (χ4n) is 3.16. The van der Waals surface area contributed by atoms with Crippen LogP contribution in [-0.2, 0) is 0 Å². The zero-order valence-electron chi connectivity index (χ0n) is 13.4. The number of rotatable bonds is 4. The number of piperazine rings is 1. The molecular weight excluding hydrogens is 303 g/mol. The molecule has 1 N–H and O–H groups in total. The molecule has 21 heavy (non-hydrogen) atoms. The molecule has 118 valence electrons. The Morgan fingerprint density at radius 3 is 2.57 bits per heavy atom. The van der Waals surface area contributed by atoms with E-state index in [1.165, 1.54) is 5.56 Å². The molecule has 1 heterocycles. The molecule has 1 aliphatic rings. The molecule has 1 aliphatic heterocycles. The normalized spacial score (nSPS) is 25.3. The van der Waals surface area contributed by atoms with Gasteiger partial charge in [0.2, 0.25) is 0 Å². The van der Waals surface area contributed by atoms with Crippen molar-refractivity contribution >= 4 is 23.2 Å². The summed E-state index contributed by atoms with van der Waals surface area (Å²) in [6.45, 7) is 11.2. The lowest BCUT2D eigenvalue weighted by Gasteiger charge is -2.45. The minimum Gasteiger partial charge on any atom is -0.311 e. The van der Waals surface area contributed by atoms with Gasteiger partial charge >= 0.3 is 0 Å². The van der Waals surface area contributed by atoms with Crippen molar-refractivity contribution in [2.45, 2.75) is 52.2 Å². The van der Waals surface area contributed by atoms with Crippen LogP contribution >= 0.6 is 23.2 Å². The van der Waals surface area contributed by atoms with Crippen LogP contribution in [0.25, 0.3) is 0 Å². The van der Waals surface area contributed by atoms with Gasteiger partial charge in [-0.25, -0.2) is 0 Å². The zero-order valence-corrected chi connectivity index (χ0v) is 14.9. The van der Waals surface area contributed by atoms with Crippen molar-refractivity contribution in [2.24, 2.45) is 5.92 Å². The molecule has 0 radical (unpaired) electrons. The highest BCUT2D eigenvalue weighted by Gasteiger charge is 2.32. The van der Waals surface area contributed by atoms with Crippen LogP contribution in [0.2, 0.25) is 10.0 Å². The number of benzene rings is 1. The predicted molar refractivity (Wildman–Crippen MR) is 92.3 cm³/mol. The Morgan fingerprint density at radius 2 is 2.00 bits per heavy atom.